The number of benzene rings is 1. The van der Waals surface area contributed by atoms with Gasteiger partial charge in [-0.25, -0.2) is 5.10 Å². The first-order valence-corrected chi connectivity index (χ1v) is 9.43. The van der Waals surface area contributed by atoms with Crippen LogP contribution >= 0.6 is 12.2 Å². The van der Waals surface area contributed by atoms with E-state index in [2.05, 4.69) is 42.1 Å². The largest absolute Gasteiger partial charge is 0.497 e. The van der Waals surface area contributed by atoms with Crippen molar-refractivity contribution in [1.82, 2.24) is 14.9 Å². The molecule has 27 heavy (non-hydrogen) atoms. The van der Waals surface area contributed by atoms with E-state index in [4.69, 9.17) is 21.7 Å². The van der Waals surface area contributed by atoms with Crippen LogP contribution in [0.5, 0.6) is 11.5 Å². The number of nitrogens with zero attached hydrogens (tertiary/aromatic N) is 3. The molecule has 1 N–H and O–H groups in total. The monoisotopic (exact) mass is 388 g/mol. The van der Waals surface area contributed by atoms with Crippen LogP contribution in [0.1, 0.15) is 40.0 Å². The summed E-state index contributed by atoms with van der Waals surface area (Å²) in [5.74, 6) is 2.51. The van der Waals surface area contributed by atoms with Gasteiger partial charge in [0.15, 0.2) is 5.82 Å². The maximum Gasteiger partial charge on any atom is 0.216 e. The summed E-state index contributed by atoms with van der Waals surface area (Å²) in [6, 6.07) is 5.55. The third-order valence-corrected chi connectivity index (χ3v) is 4.48. The van der Waals surface area contributed by atoms with Crippen LogP contribution in [0.2, 0.25) is 0 Å². The molecule has 2 rings (SSSR count). The van der Waals surface area contributed by atoms with Gasteiger partial charge >= 0.3 is 0 Å². The third-order valence-electron chi connectivity index (χ3n) is 4.22. The minimum atomic E-state index is 0.441. The molecule has 0 saturated carbocycles. The normalized spacial score (nSPS) is 12.2. The minimum absolute atomic E-state index is 0.441. The van der Waals surface area contributed by atoms with Gasteiger partial charge in [-0.15, -0.1) is 0 Å². The van der Waals surface area contributed by atoms with Crippen molar-refractivity contribution in [2.24, 2.45) is 11.0 Å². The van der Waals surface area contributed by atoms with Crippen LogP contribution in [0.25, 0.3) is 11.4 Å². The van der Waals surface area contributed by atoms with Crippen LogP contribution in [0, 0.1) is 10.7 Å². The quantitative estimate of drug-likeness (QED) is 0.363. The Morgan fingerprint density at radius 3 is 2.78 bits per heavy atom. The molecule has 0 fully saturated rings. The summed E-state index contributed by atoms with van der Waals surface area (Å²) in [6.45, 7) is 6.48. The Labute approximate surface area is 165 Å². The molecular formula is C20H28N4O2S. The highest BCUT2D eigenvalue weighted by Gasteiger charge is 2.14. The number of aromatic nitrogens is 3. The van der Waals surface area contributed by atoms with Crippen molar-refractivity contribution in [2.45, 2.75) is 40.0 Å². The Morgan fingerprint density at radius 1 is 1.33 bits per heavy atom. The van der Waals surface area contributed by atoms with Crippen molar-refractivity contribution in [3.8, 4) is 22.9 Å². The number of hydrogen-bond acceptors (Lipinski definition) is 5. The molecule has 0 unspecified atom stereocenters. The van der Waals surface area contributed by atoms with Gasteiger partial charge in [0.05, 0.1) is 19.8 Å². The highest BCUT2D eigenvalue weighted by molar-refractivity contribution is 7.71. The molecule has 7 heteroatoms. The smallest absolute Gasteiger partial charge is 0.216 e. The second-order valence-corrected chi connectivity index (χ2v) is 7.11. The van der Waals surface area contributed by atoms with Gasteiger partial charge in [-0.05, 0) is 63.4 Å². The van der Waals surface area contributed by atoms with Crippen molar-refractivity contribution >= 4 is 18.4 Å². The number of methoxy groups -OCH3 is 2. The summed E-state index contributed by atoms with van der Waals surface area (Å²) >= 11 is 5.34. The lowest BCUT2D eigenvalue weighted by Crippen LogP contribution is -1.99. The molecule has 0 spiro atoms. The first-order chi connectivity index (χ1) is 13.0. The molecule has 0 aliphatic heterocycles. The van der Waals surface area contributed by atoms with Crippen LogP contribution in [-0.4, -0.2) is 35.3 Å². The number of H-pyrrole nitrogens is 1. The second-order valence-electron chi connectivity index (χ2n) is 6.73. The first-order valence-electron chi connectivity index (χ1n) is 9.02. The molecule has 0 radical (unpaired) electrons. The van der Waals surface area contributed by atoms with E-state index in [1.165, 1.54) is 5.57 Å². The summed E-state index contributed by atoms with van der Waals surface area (Å²) in [7, 11) is 3.23. The molecule has 0 saturated heterocycles. The molecule has 1 atom stereocenters. The van der Waals surface area contributed by atoms with Gasteiger partial charge in [-0.1, -0.05) is 18.6 Å². The molecule has 0 aliphatic rings. The van der Waals surface area contributed by atoms with Crippen molar-refractivity contribution < 1.29 is 9.47 Å². The van der Waals surface area contributed by atoms with Gasteiger partial charge in [0, 0.05) is 12.3 Å². The van der Waals surface area contributed by atoms with Crippen LogP contribution < -0.4 is 9.47 Å². The standard InChI is InChI=1S/C20H28N4O2S/c1-14(2)7-6-8-15(3)11-12-21-24-19(22-23-20(24)27)17-10-9-16(25-4)13-18(17)26-5/h7,9-10,12-13,15H,6,8,11H2,1-5H3,(H,23,27)/b21-12-/t15-/m1/s1. The number of aromatic amines is 1. The van der Waals surface area contributed by atoms with Crippen LogP contribution in [0.15, 0.2) is 34.9 Å². The van der Waals surface area contributed by atoms with Crippen molar-refractivity contribution in [1.29, 1.82) is 0 Å². The highest BCUT2D eigenvalue weighted by atomic mass is 32.1. The second kappa shape index (κ2) is 10.1. The Morgan fingerprint density at radius 2 is 2.11 bits per heavy atom. The highest BCUT2D eigenvalue weighted by Crippen LogP contribution is 2.32. The number of ether oxygens (including phenoxy) is 2. The lowest BCUT2D eigenvalue weighted by molar-refractivity contribution is 0.395. The Hall–Kier alpha value is -2.41. The third kappa shape index (κ3) is 5.79. The SMILES string of the molecule is COc1ccc(-c2n[nH]c(=S)n2/N=C\C[C@H](C)CCC=C(C)C)c(OC)c1. The summed E-state index contributed by atoms with van der Waals surface area (Å²) in [4.78, 5) is 0. The molecule has 2 aromatic rings. The lowest BCUT2D eigenvalue weighted by Gasteiger charge is -2.10. The van der Waals surface area contributed by atoms with Crippen LogP contribution in [0.3, 0.4) is 0 Å². The predicted molar refractivity (Wildman–Crippen MR) is 112 cm³/mol. The van der Waals surface area contributed by atoms with Gasteiger partial charge in [0.1, 0.15) is 11.5 Å². The van der Waals surface area contributed by atoms with Crippen molar-refractivity contribution in [3.63, 3.8) is 0 Å². The Bertz CT molecular complexity index is 863. The zero-order chi connectivity index (χ0) is 19.8. The van der Waals surface area contributed by atoms with Crippen molar-refractivity contribution in [3.05, 3.63) is 34.6 Å². The maximum absolute atomic E-state index is 5.47. The topological polar surface area (TPSA) is 64.4 Å². The van der Waals surface area contributed by atoms with E-state index < -0.39 is 0 Å². The summed E-state index contributed by atoms with van der Waals surface area (Å²) in [6.07, 6.45) is 7.28. The molecule has 146 valence electrons. The van der Waals surface area contributed by atoms with E-state index >= 15 is 0 Å². The maximum atomic E-state index is 5.47. The Balaban J connectivity index is 2.17. The van der Waals surface area contributed by atoms with E-state index in [0.29, 0.717) is 28.0 Å². The zero-order valence-electron chi connectivity index (χ0n) is 16.7. The fraction of sp³-hybridized carbons (Fsp3) is 0.450. The Kier molecular flexibility index (Phi) is 7.79. The summed E-state index contributed by atoms with van der Waals surface area (Å²) < 4.78 is 12.8. The average Bonchev–Trinajstić information content (AvgIpc) is 3.01. The first kappa shape index (κ1) is 20.9. The fourth-order valence-corrected chi connectivity index (χ4v) is 2.82. The van der Waals surface area contributed by atoms with E-state index in [1.807, 2.05) is 24.4 Å². The lowest BCUT2D eigenvalue weighted by atomic mass is 10.0. The van der Waals surface area contributed by atoms with Gasteiger partial charge in [-0.3, -0.25) is 0 Å². The number of rotatable bonds is 9. The molecule has 0 aliphatic carbocycles. The number of nitrogens with one attached hydrogen (secondary N) is 1. The van der Waals surface area contributed by atoms with Crippen molar-refractivity contribution in [2.75, 3.05) is 14.2 Å². The van der Waals surface area contributed by atoms with Gasteiger partial charge < -0.3 is 9.47 Å². The molecule has 0 amide bonds. The van der Waals surface area contributed by atoms with E-state index in [-0.39, 0.29) is 0 Å². The van der Waals surface area contributed by atoms with E-state index in [1.54, 1.807) is 18.9 Å². The average molecular weight is 389 g/mol. The molecule has 1 aromatic heterocycles. The molecule has 6 nitrogen and oxygen atoms in total. The van der Waals surface area contributed by atoms with E-state index in [9.17, 15) is 0 Å². The molecule has 0 bridgehead atoms. The number of allylic oxidation sites excluding steroid dienone is 2. The minimum Gasteiger partial charge on any atom is -0.497 e. The molecule has 1 aromatic carbocycles. The summed E-state index contributed by atoms with van der Waals surface area (Å²) in [5, 5.41) is 11.7. The van der Waals surface area contributed by atoms with Gasteiger partial charge in [0.25, 0.3) is 0 Å². The summed E-state index contributed by atoms with van der Waals surface area (Å²) in [5.41, 5.74) is 2.15. The van der Waals surface area contributed by atoms with Gasteiger partial charge in [0.2, 0.25) is 4.77 Å². The molecule has 1 heterocycles. The van der Waals surface area contributed by atoms with Crippen LogP contribution in [0.4, 0.5) is 0 Å². The fourth-order valence-electron chi connectivity index (χ4n) is 2.64. The van der Waals surface area contributed by atoms with Crippen LogP contribution in [-0.2, 0) is 0 Å². The van der Waals surface area contributed by atoms with Gasteiger partial charge in [-0.2, -0.15) is 14.9 Å². The zero-order valence-corrected chi connectivity index (χ0v) is 17.5. The predicted octanol–water partition coefficient (Wildman–Crippen LogP) is 5.23. The molecular weight excluding hydrogens is 360 g/mol. The number of hydrogen-bond donors (Lipinski definition) is 1. The van der Waals surface area contributed by atoms with E-state index in [0.717, 1.165) is 24.8 Å².